The van der Waals surface area contributed by atoms with Crippen LogP contribution in [0.3, 0.4) is 0 Å². The lowest BCUT2D eigenvalue weighted by atomic mass is 10.0. The molecular formula is C9H15N3O. The number of rotatable bonds is 1. The van der Waals surface area contributed by atoms with Crippen LogP contribution in [0.5, 0.6) is 0 Å². The third-order valence-corrected chi connectivity index (χ3v) is 2.64. The Morgan fingerprint density at radius 1 is 1.38 bits per heavy atom. The monoisotopic (exact) mass is 181 g/mol. The fourth-order valence-corrected chi connectivity index (χ4v) is 1.78. The van der Waals surface area contributed by atoms with E-state index in [1.807, 2.05) is 11.0 Å². The predicted molar refractivity (Wildman–Crippen MR) is 51.4 cm³/mol. The molecule has 1 fully saturated rings. The Morgan fingerprint density at radius 3 is 2.77 bits per heavy atom. The van der Waals surface area contributed by atoms with E-state index in [1.54, 1.807) is 12.5 Å². The second-order valence-electron chi connectivity index (χ2n) is 3.53. The van der Waals surface area contributed by atoms with Crippen molar-refractivity contribution in [3.8, 4) is 0 Å². The first-order chi connectivity index (χ1) is 6.31. The molecule has 2 N–H and O–H groups in total. The first-order valence-corrected chi connectivity index (χ1v) is 4.69. The minimum absolute atomic E-state index is 0.681. The zero-order valence-corrected chi connectivity index (χ0v) is 7.61. The van der Waals surface area contributed by atoms with Crippen LogP contribution in [0.25, 0.3) is 0 Å². The van der Waals surface area contributed by atoms with Crippen molar-refractivity contribution < 1.29 is 5.11 Å². The third kappa shape index (κ3) is 1.73. The van der Waals surface area contributed by atoms with Crippen molar-refractivity contribution in [2.24, 2.45) is 4.99 Å². The number of piperidine rings is 1. The van der Waals surface area contributed by atoms with Crippen LogP contribution in [0, 0.1) is 0 Å². The highest BCUT2D eigenvalue weighted by Gasteiger charge is 2.34. The maximum atomic E-state index is 10.3. The predicted octanol–water partition coefficient (Wildman–Crippen LogP) is -0.0840. The normalized spacial score (nSPS) is 26.4. The van der Waals surface area contributed by atoms with Crippen LogP contribution in [-0.4, -0.2) is 41.7 Å². The van der Waals surface area contributed by atoms with E-state index in [0.717, 1.165) is 32.5 Å². The molecule has 0 atom stereocenters. The van der Waals surface area contributed by atoms with Gasteiger partial charge >= 0.3 is 0 Å². The Kier molecular flexibility index (Phi) is 2.33. The maximum Gasteiger partial charge on any atom is 0.141 e. The van der Waals surface area contributed by atoms with Crippen molar-refractivity contribution in [3.63, 3.8) is 0 Å². The van der Waals surface area contributed by atoms with Gasteiger partial charge in [0, 0.05) is 25.6 Å². The molecule has 0 amide bonds. The van der Waals surface area contributed by atoms with E-state index in [0.29, 0.717) is 0 Å². The number of nitrogens with one attached hydrogen (secondary N) is 1. The summed E-state index contributed by atoms with van der Waals surface area (Å²) in [6.45, 7) is 2.52. The summed E-state index contributed by atoms with van der Waals surface area (Å²) in [7, 11) is 0. The van der Waals surface area contributed by atoms with Crippen LogP contribution in [0.1, 0.15) is 12.8 Å². The number of hydrogen-bond acceptors (Lipinski definition) is 4. The molecule has 0 unspecified atom stereocenters. The molecule has 1 saturated heterocycles. The molecule has 0 aromatic carbocycles. The van der Waals surface area contributed by atoms with Gasteiger partial charge in [0.15, 0.2) is 0 Å². The Morgan fingerprint density at radius 2 is 2.15 bits per heavy atom. The standard InChI is InChI=1S/C9H15N3O/c13-9(2-5-10-6-3-9)12-7-1-4-11-8-12/h1,4,8,10,13H,2-3,5-7H2. The second-order valence-corrected chi connectivity index (χ2v) is 3.53. The van der Waals surface area contributed by atoms with Crippen molar-refractivity contribution in [2.45, 2.75) is 18.6 Å². The van der Waals surface area contributed by atoms with Gasteiger partial charge in [-0.2, -0.15) is 0 Å². The summed E-state index contributed by atoms with van der Waals surface area (Å²) in [5, 5.41) is 13.5. The quantitative estimate of drug-likeness (QED) is 0.594. The van der Waals surface area contributed by atoms with Crippen molar-refractivity contribution in [3.05, 3.63) is 12.3 Å². The molecule has 0 spiro atoms. The van der Waals surface area contributed by atoms with E-state index in [4.69, 9.17) is 0 Å². The van der Waals surface area contributed by atoms with Gasteiger partial charge in [0.05, 0.1) is 6.34 Å². The lowest BCUT2D eigenvalue weighted by Crippen LogP contribution is -2.54. The molecule has 4 heteroatoms. The lowest BCUT2D eigenvalue weighted by molar-refractivity contribution is -0.0846. The molecule has 13 heavy (non-hydrogen) atoms. The summed E-state index contributed by atoms with van der Waals surface area (Å²) < 4.78 is 0. The number of aliphatic imine (C=N–C) groups is 1. The van der Waals surface area contributed by atoms with Crippen molar-refractivity contribution in [1.82, 2.24) is 10.2 Å². The molecule has 2 heterocycles. The Balaban J connectivity index is 2.04. The zero-order chi connectivity index (χ0) is 9.15. The second kappa shape index (κ2) is 3.47. The summed E-state index contributed by atoms with van der Waals surface area (Å²) >= 11 is 0. The molecular weight excluding hydrogens is 166 g/mol. The zero-order valence-electron chi connectivity index (χ0n) is 7.61. The van der Waals surface area contributed by atoms with E-state index in [1.165, 1.54) is 0 Å². The fraction of sp³-hybridized carbons (Fsp3) is 0.667. The molecule has 0 bridgehead atoms. The van der Waals surface area contributed by atoms with Gasteiger partial charge < -0.3 is 15.3 Å². The summed E-state index contributed by atoms with van der Waals surface area (Å²) in [4.78, 5) is 5.93. The van der Waals surface area contributed by atoms with Gasteiger partial charge in [-0.25, -0.2) is 4.99 Å². The summed E-state index contributed by atoms with van der Waals surface area (Å²) in [5.41, 5.74) is -0.681. The number of hydrogen-bond donors (Lipinski definition) is 2. The van der Waals surface area contributed by atoms with Gasteiger partial charge in [0.1, 0.15) is 5.72 Å². The topological polar surface area (TPSA) is 47.9 Å². The number of aliphatic hydroxyl groups is 1. The van der Waals surface area contributed by atoms with Crippen molar-refractivity contribution in [1.29, 1.82) is 0 Å². The molecule has 2 aliphatic heterocycles. The van der Waals surface area contributed by atoms with Gasteiger partial charge in [-0.3, -0.25) is 0 Å². The maximum absolute atomic E-state index is 10.3. The Bertz CT molecular complexity index is 231. The highest BCUT2D eigenvalue weighted by molar-refractivity contribution is 5.58. The molecule has 2 rings (SSSR count). The van der Waals surface area contributed by atoms with E-state index < -0.39 is 5.72 Å². The van der Waals surface area contributed by atoms with Crippen molar-refractivity contribution in [2.75, 3.05) is 19.6 Å². The summed E-state index contributed by atoms with van der Waals surface area (Å²) in [6, 6.07) is 0. The van der Waals surface area contributed by atoms with Gasteiger partial charge in [0.2, 0.25) is 0 Å². The van der Waals surface area contributed by atoms with Crippen LogP contribution in [0.2, 0.25) is 0 Å². The molecule has 0 saturated carbocycles. The van der Waals surface area contributed by atoms with Crippen LogP contribution in [0.15, 0.2) is 17.3 Å². The van der Waals surface area contributed by atoms with Crippen LogP contribution >= 0.6 is 0 Å². The molecule has 0 aliphatic carbocycles. The highest BCUT2D eigenvalue weighted by atomic mass is 16.3. The Hall–Kier alpha value is -0.870. The molecule has 2 aliphatic rings. The molecule has 0 aromatic heterocycles. The molecule has 0 aromatic rings. The van der Waals surface area contributed by atoms with E-state index in [2.05, 4.69) is 10.3 Å². The third-order valence-electron chi connectivity index (χ3n) is 2.64. The minimum Gasteiger partial charge on any atom is -0.371 e. The summed E-state index contributed by atoms with van der Waals surface area (Å²) in [5.74, 6) is 0. The average Bonchev–Trinajstić information content (AvgIpc) is 2.20. The van der Waals surface area contributed by atoms with E-state index >= 15 is 0 Å². The first kappa shape index (κ1) is 8.72. The Labute approximate surface area is 78.0 Å². The fourth-order valence-electron chi connectivity index (χ4n) is 1.78. The van der Waals surface area contributed by atoms with Gasteiger partial charge in [-0.05, 0) is 19.2 Å². The van der Waals surface area contributed by atoms with Gasteiger partial charge in [-0.1, -0.05) is 0 Å². The SMILES string of the molecule is OC1(N2C=NC=CC2)CCNCC1. The van der Waals surface area contributed by atoms with E-state index in [9.17, 15) is 5.11 Å². The number of nitrogens with zero attached hydrogens (tertiary/aromatic N) is 2. The first-order valence-electron chi connectivity index (χ1n) is 4.69. The minimum atomic E-state index is -0.681. The largest absolute Gasteiger partial charge is 0.371 e. The van der Waals surface area contributed by atoms with Gasteiger partial charge in [-0.15, -0.1) is 0 Å². The van der Waals surface area contributed by atoms with E-state index in [-0.39, 0.29) is 0 Å². The summed E-state index contributed by atoms with van der Waals surface area (Å²) in [6.07, 6.45) is 6.99. The van der Waals surface area contributed by atoms with Crippen molar-refractivity contribution >= 4 is 6.34 Å². The highest BCUT2D eigenvalue weighted by Crippen LogP contribution is 2.22. The molecule has 0 radical (unpaired) electrons. The molecule has 4 nitrogen and oxygen atoms in total. The van der Waals surface area contributed by atoms with Gasteiger partial charge in [0.25, 0.3) is 0 Å². The molecule has 72 valence electrons. The smallest absolute Gasteiger partial charge is 0.141 e. The lowest BCUT2D eigenvalue weighted by Gasteiger charge is -2.41. The van der Waals surface area contributed by atoms with Crippen LogP contribution < -0.4 is 5.32 Å². The van der Waals surface area contributed by atoms with Crippen LogP contribution in [0.4, 0.5) is 0 Å². The average molecular weight is 181 g/mol. The van der Waals surface area contributed by atoms with Crippen LogP contribution in [-0.2, 0) is 0 Å².